The van der Waals surface area contributed by atoms with Gasteiger partial charge in [-0.05, 0) is 56.9 Å². The predicted molar refractivity (Wildman–Crippen MR) is 81.1 cm³/mol. The number of hydrogen-bond donors (Lipinski definition) is 3. The largest absolute Gasteiger partial charge is 0.385 e. The van der Waals surface area contributed by atoms with Gasteiger partial charge in [0.2, 0.25) is 10.0 Å². The maximum atomic E-state index is 12.0. The van der Waals surface area contributed by atoms with Gasteiger partial charge in [0.15, 0.2) is 0 Å². The highest BCUT2D eigenvalue weighted by Gasteiger charge is 2.25. The summed E-state index contributed by atoms with van der Waals surface area (Å²) in [6, 6.07) is 7.09. The summed E-state index contributed by atoms with van der Waals surface area (Å²) in [7, 11) is -3.40. The molecule has 6 heteroatoms. The molecule has 0 unspecified atom stereocenters. The highest BCUT2D eigenvalue weighted by Crippen LogP contribution is 2.26. The molecule has 0 saturated heterocycles. The van der Waals surface area contributed by atoms with Crippen LogP contribution < -0.4 is 15.8 Å². The van der Waals surface area contributed by atoms with E-state index in [-0.39, 0.29) is 6.04 Å². The molecule has 0 spiro atoms. The van der Waals surface area contributed by atoms with Crippen LogP contribution in [0.25, 0.3) is 0 Å². The molecule has 0 aromatic heterocycles. The Hall–Kier alpha value is -1.11. The molecule has 4 N–H and O–H groups in total. The van der Waals surface area contributed by atoms with Gasteiger partial charge >= 0.3 is 0 Å². The van der Waals surface area contributed by atoms with Crippen molar-refractivity contribution in [1.29, 1.82) is 0 Å². The van der Waals surface area contributed by atoms with Crippen LogP contribution >= 0.6 is 0 Å². The molecule has 1 aliphatic carbocycles. The van der Waals surface area contributed by atoms with E-state index < -0.39 is 10.0 Å². The van der Waals surface area contributed by atoms with Crippen LogP contribution in [0.4, 0.5) is 5.69 Å². The number of benzene rings is 1. The van der Waals surface area contributed by atoms with E-state index in [0.717, 1.165) is 25.1 Å². The Kier molecular flexibility index (Phi) is 4.67. The topological polar surface area (TPSA) is 84.2 Å². The number of nitrogens with two attached hydrogens (primary N) is 1. The van der Waals surface area contributed by atoms with Crippen molar-refractivity contribution in [2.24, 2.45) is 11.7 Å². The van der Waals surface area contributed by atoms with Crippen molar-refractivity contribution in [2.75, 3.05) is 11.9 Å². The third-order valence-electron chi connectivity index (χ3n) is 3.42. The number of anilines is 1. The second-order valence-electron chi connectivity index (χ2n) is 5.78. The smallest absolute Gasteiger partial charge is 0.240 e. The highest BCUT2D eigenvalue weighted by atomic mass is 32.2. The van der Waals surface area contributed by atoms with E-state index in [1.807, 2.05) is 0 Å². The Morgan fingerprint density at radius 3 is 2.35 bits per heavy atom. The molecule has 1 aromatic carbocycles. The van der Waals surface area contributed by atoms with Gasteiger partial charge in [-0.1, -0.05) is 0 Å². The SMILES string of the molecule is CC(C)NS(=O)(=O)c1ccc(NCC2CC(N)C2)cc1. The zero-order valence-electron chi connectivity index (χ0n) is 12.0. The van der Waals surface area contributed by atoms with Crippen molar-refractivity contribution >= 4 is 15.7 Å². The molecule has 1 aliphatic rings. The maximum Gasteiger partial charge on any atom is 0.240 e. The normalized spacial score (nSPS) is 22.6. The van der Waals surface area contributed by atoms with Gasteiger partial charge in [-0.15, -0.1) is 0 Å². The maximum absolute atomic E-state index is 12.0. The fourth-order valence-corrected chi connectivity index (χ4v) is 3.60. The first-order valence-corrected chi connectivity index (χ1v) is 8.47. The summed E-state index contributed by atoms with van der Waals surface area (Å²) in [6.45, 7) is 4.50. The van der Waals surface area contributed by atoms with E-state index in [1.54, 1.807) is 38.1 Å². The van der Waals surface area contributed by atoms with E-state index in [9.17, 15) is 8.42 Å². The minimum Gasteiger partial charge on any atom is -0.385 e. The van der Waals surface area contributed by atoms with Crippen molar-refractivity contribution in [3.05, 3.63) is 24.3 Å². The van der Waals surface area contributed by atoms with Crippen molar-refractivity contribution in [3.8, 4) is 0 Å². The van der Waals surface area contributed by atoms with Gasteiger partial charge < -0.3 is 11.1 Å². The minimum atomic E-state index is -3.40. The molecule has 2 rings (SSSR count). The lowest BCUT2D eigenvalue weighted by molar-refractivity contribution is 0.280. The van der Waals surface area contributed by atoms with Gasteiger partial charge in [-0.25, -0.2) is 13.1 Å². The van der Waals surface area contributed by atoms with Gasteiger partial charge in [0.1, 0.15) is 0 Å². The van der Waals surface area contributed by atoms with E-state index in [1.165, 1.54) is 0 Å². The van der Waals surface area contributed by atoms with E-state index in [0.29, 0.717) is 16.9 Å². The summed E-state index contributed by atoms with van der Waals surface area (Å²) in [5.74, 6) is 0.635. The van der Waals surface area contributed by atoms with Crippen LogP contribution in [-0.2, 0) is 10.0 Å². The molecular weight excluding hydrogens is 274 g/mol. The lowest BCUT2D eigenvalue weighted by Crippen LogP contribution is -2.39. The van der Waals surface area contributed by atoms with Crippen molar-refractivity contribution in [2.45, 2.75) is 43.7 Å². The number of hydrogen-bond acceptors (Lipinski definition) is 4. The van der Waals surface area contributed by atoms with Gasteiger partial charge in [0, 0.05) is 24.3 Å². The van der Waals surface area contributed by atoms with Crippen LogP contribution in [0.5, 0.6) is 0 Å². The standard InChI is InChI=1S/C14H23N3O2S/c1-10(2)17-20(18,19)14-5-3-13(4-6-14)16-9-11-7-12(15)8-11/h3-6,10-12,16-17H,7-9,15H2,1-2H3. The molecule has 0 atom stereocenters. The fourth-order valence-electron chi connectivity index (χ4n) is 2.35. The number of sulfonamides is 1. The fraction of sp³-hybridized carbons (Fsp3) is 0.571. The van der Waals surface area contributed by atoms with Crippen LogP contribution in [0.15, 0.2) is 29.2 Å². The molecule has 0 bridgehead atoms. The summed E-state index contributed by atoms with van der Waals surface area (Å²) in [5, 5.41) is 3.32. The van der Waals surface area contributed by atoms with Crippen molar-refractivity contribution < 1.29 is 8.42 Å². The van der Waals surface area contributed by atoms with E-state index >= 15 is 0 Å². The van der Waals surface area contributed by atoms with Gasteiger partial charge in [-0.3, -0.25) is 0 Å². The van der Waals surface area contributed by atoms with Gasteiger partial charge in [0.25, 0.3) is 0 Å². The van der Waals surface area contributed by atoms with Crippen molar-refractivity contribution in [1.82, 2.24) is 4.72 Å². The second-order valence-corrected chi connectivity index (χ2v) is 7.49. The minimum absolute atomic E-state index is 0.111. The molecule has 0 amide bonds. The van der Waals surface area contributed by atoms with E-state index in [2.05, 4.69) is 10.0 Å². The van der Waals surface area contributed by atoms with Crippen LogP contribution in [0, 0.1) is 5.92 Å². The summed E-state index contributed by atoms with van der Waals surface area (Å²) in [5.41, 5.74) is 6.68. The molecule has 0 heterocycles. The number of nitrogens with one attached hydrogen (secondary N) is 2. The van der Waals surface area contributed by atoms with Crippen LogP contribution in [0.2, 0.25) is 0 Å². The summed E-state index contributed by atoms with van der Waals surface area (Å²) in [4.78, 5) is 0.294. The monoisotopic (exact) mass is 297 g/mol. The Balaban J connectivity index is 1.92. The Bertz CT molecular complexity index is 534. The third-order valence-corrected chi connectivity index (χ3v) is 5.10. The van der Waals surface area contributed by atoms with Crippen LogP contribution in [-0.4, -0.2) is 27.0 Å². The van der Waals surface area contributed by atoms with Gasteiger partial charge in [0.05, 0.1) is 4.90 Å². The first-order valence-electron chi connectivity index (χ1n) is 6.98. The van der Waals surface area contributed by atoms with E-state index in [4.69, 9.17) is 5.73 Å². The molecule has 1 aromatic rings. The molecule has 0 radical (unpaired) electrons. The summed E-state index contributed by atoms with van der Waals surface area (Å²) >= 11 is 0. The summed E-state index contributed by atoms with van der Waals surface area (Å²) in [6.07, 6.45) is 2.13. The summed E-state index contributed by atoms with van der Waals surface area (Å²) < 4.78 is 26.5. The zero-order valence-corrected chi connectivity index (χ0v) is 12.8. The van der Waals surface area contributed by atoms with Crippen molar-refractivity contribution in [3.63, 3.8) is 0 Å². The Morgan fingerprint density at radius 2 is 1.85 bits per heavy atom. The van der Waals surface area contributed by atoms with Gasteiger partial charge in [-0.2, -0.15) is 0 Å². The van der Waals surface area contributed by atoms with Crippen LogP contribution in [0.3, 0.4) is 0 Å². The third kappa shape index (κ3) is 3.94. The molecule has 0 aliphatic heterocycles. The molecule has 1 fully saturated rings. The lowest BCUT2D eigenvalue weighted by atomic mass is 9.81. The first kappa shape index (κ1) is 15.3. The molecule has 5 nitrogen and oxygen atoms in total. The second kappa shape index (κ2) is 6.11. The lowest BCUT2D eigenvalue weighted by Gasteiger charge is -2.32. The average Bonchev–Trinajstić information content (AvgIpc) is 2.32. The molecular formula is C14H23N3O2S. The first-order chi connectivity index (χ1) is 9.37. The quantitative estimate of drug-likeness (QED) is 0.743. The average molecular weight is 297 g/mol. The Morgan fingerprint density at radius 1 is 1.25 bits per heavy atom. The number of rotatable bonds is 6. The zero-order chi connectivity index (χ0) is 14.8. The molecule has 1 saturated carbocycles. The predicted octanol–water partition coefficient (Wildman–Crippen LogP) is 1.52. The molecule has 112 valence electrons. The Labute approximate surface area is 121 Å². The van der Waals surface area contributed by atoms with Crippen LogP contribution in [0.1, 0.15) is 26.7 Å². The highest BCUT2D eigenvalue weighted by molar-refractivity contribution is 7.89. The molecule has 20 heavy (non-hydrogen) atoms.